The fourth-order valence-electron chi connectivity index (χ4n) is 0.959. The molecule has 6 nitrogen and oxygen atoms in total. The van der Waals surface area contributed by atoms with Crippen LogP contribution in [-0.2, 0) is 4.74 Å². The van der Waals surface area contributed by atoms with Crippen LogP contribution in [0.25, 0.3) is 0 Å². The highest BCUT2D eigenvalue weighted by molar-refractivity contribution is 5.87. The van der Waals surface area contributed by atoms with Gasteiger partial charge in [0.1, 0.15) is 6.26 Å². The Balaban J connectivity index is 2.68. The third-order valence-corrected chi connectivity index (χ3v) is 1.83. The zero-order valence-corrected chi connectivity index (χ0v) is 9.61. The van der Waals surface area contributed by atoms with Crippen LogP contribution in [0.4, 0.5) is 6.01 Å². The third kappa shape index (κ3) is 3.23. The lowest BCUT2D eigenvalue weighted by Gasteiger charge is -2.21. The minimum absolute atomic E-state index is 0.0792. The van der Waals surface area contributed by atoms with Gasteiger partial charge in [0.25, 0.3) is 6.01 Å². The summed E-state index contributed by atoms with van der Waals surface area (Å²) >= 11 is 0. The molecule has 1 rings (SSSR count). The molecule has 0 aromatic carbocycles. The molecular formula is C10H16N2O4. The SMILES string of the molecule is CCOC(=O)c1coc(NC(C)(C)CO)n1. The first-order valence-corrected chi connectivity index (χ1v) is 5.00. The van der Waals surface area contributed by atoms with Crippen molar-refractivity contribution in [2.75, 3.05) is 18.5 Å². The number of carbonyl (C=O) groups is 1. The van der Waals surface area contributed by atoms with Crippen molar-refractivity contribution < 1.29 is 19.1 Å². The highest BCUT2D eigenvalue weighted by atomic mass is 16.5. The monoisotopic (exact) mass is 228 g/mol. The number of hydrogen-bond donors (Lipinski definition) is 2. The normalized spacial score (nSPS) is 11.2. The Hall–Kier alpha value is -1.56. The quantitative estimate of drug-likeness (QED) is 0.732. The predicted molar refractivity (Wildman–Crippen MR) is 57.2 cm³/mol. The third-order valence-electron chi connectivity index (χ3n) is 1.83. The number of aliphatic hydroxyl groups excluding tert-OH is 1. The molecule has 0 saturated heterocycles. The summed E-state index contributed by atoms with van der Waals surface area (Å²) in [6.07, 6.45) is 1.22. The van der Waals surface area contributed by atoms with Gasteiger partial charge in [-0.05, 0) is 20.8 Å². The molecule has 16 heavy (non-hydrogen) atoms. The Kier molecular flexibility index (Phi) is 3.89. The second-order valence-electron chi connectivity index (χ2n) is 3.93. The molecule has 0 radical (unpaired) electrons. The fourth-order valence-corrected chi connectivity index (χ4v) is 0.959. The number of esters is 1. The summed E-state index contributed by atoms with van der Waals surface area (Å²) in [6, 6.07) is 0.183. The van der Waals surface area contributed by atoms with Crippen LogP contribution in [0.1, 0.15) is 31.3 Å². The molecule has 1 aromatic heterocycles. The van der Waals surface area contributed by atoms with E-state index in [4.69, 9.17) is 14.3 Å². The highest BCUT2D eigenvalue weighted by Gasteiger charge is 2.20. The van der Waals surface area contributed by atoms with Crippen LogP contribution < -0.4 is 5.32 Å². The molecule has 2 N–H and O–H groups in total. The van der Waals surface area contributed by atoms with Gasteiger partial charge in [0.15, 0.2) is 5.69 Å². The minimum atomic E-state index is -0.559. The first kappa shape index (κ1) is 12.5. The molecule has 0 fully saturated rings. The molecule has 1 heterocycles. The van der Waals surface area contributed by atoms with E-state index in [1.54, 1.807) is 20.8 Å². The molecule has 1 aromatic rings. The lowest BCUT2D eigenvalue weighted by molar-refractivity contribution is 0.0519. The van der Waals surface area contributed by atoms with E-state index in [1.165, 1.54) is 6.26 Å². The van der Waals surface area contributed by atoms with E-state index in [0.717, 1.165) is 0 Å². The molecule has 0 amide bonds. The lowest BCUT2D eigenvalue weighted by atomic mass is 10.1. The zero-order chi connectivity index (χ0) is 12.2. The molecule has 0 saturated carbocycles. The molecular weight excluding hydrogens is 212 g/mol. The maximum absolute atomic E-state index is 11.3. The molecule has 0 atom stereocenters. The van der Waals surface area contributed by atoms with Crippen LogP contribution in [0.15, 0.2) is 10.7 Å². The maximum atomic E-state index is 11.3. The van der Waals surface area contributed by atoms with Crippen molar-refractivity contribution in [1.82, 2.24) is 4.98 Å². The van der Waals surface area contributed by atoms with E-state index < -0.39 is 11.5 Å². The minimum Gasteiger partial charge on any atom is -0.461 e. The summed E-state index contributed by atoms with van der Waals surface area (Å²) in [7, 11) is 0. The average molecular weight is 228 g/mol. The maximum Gasteiger partial charge on any atom is 0.360 e. The van der Waals surface area contributed by atoms with Crippen LogP contribution in [0.3, 0.4) is 0 Å². The summed E-state index contributed by atoms with van der Waals surface area (Å²) < 4.78 is 9.79. The number of nitrogens with zero attached hydrogens (tertiary/aromatic N) is 1. The fraction of sp³-hybridized carbons (Fsp3) is 0.600. The molecule has 6 heteroatoms. The number of aliphatic hydroxyl groups is 1. The number of nitrogens with one attached hydrogen (secondary N) is 1. The van der Waals surface area contributed by atoms with Gasteiger partial charge in [-0.25, -0.2) is 4.79 Å². The van der Waals surface area contributed by atoms with Crippen molar-refractivity contribution in [2.24, 2.45) is 0 Å². The summed E-state index contributed by atoms with van der Waals surface area (Å²) in [5, 5.41) is 11.9. The van der Waals surface area contributed by atoms with Crippen molar-refractivity contribution >= 4 is 12.0 Å². The highest BCUT2D eigenvalue weighted by Crippen LogP contribution is 2.14. The molecule has 0 aliphatic rings. The molecule has 0 unspecified atom stereocenters. The van der Waals surface area contributed by atoms with Crippen LogP contribution in [0.5, 0.6) is 0 Å². The Morgan fingerprint density at radius 3 is 2.94 bits per heavy atom. The first-order valence-electron chi connectivity index (χ1n) is 5.00. The van der Waals surface area contributed by atoms with Crippen LogP contribution in [-0.4, -0.2) is 34.8 Å². The number of rotatable bonds is 5. The van der Waals surface area contributed by atoms with Crippen LogP contribution >= 0.6 is 0 Å². The number of oxazole rings is 1. The van der Waals surface area contributed by atoms with Gasteiger partial charge >= 0.3 is 5.97 Å². The topological polar surface area (TPSA) is 84.6 Å². The zero-order valence-electron chi connectivity index (χ0n) is 9.61. The van der Waals surface area contributed by atoms with E-state index in [9.17, 15) is 4.79 Å². The van der Waals surface area contributed by atoms with E-state index in [0.29, 0.717) is 0 Å². The Morgan fingerprint density at radius 2 is 2.38 bits per heavy atom. The Labute approximate surface area is 93.6 Å². The Morgan fingerprint density at radius 1 is 1.69 bits per heavy atom. The molecule has 0 aliphatic carbocycles. The van der Waals surface area contributed by atoms with Gasteiger partial charge in [-0.1, -0.05) is 0 Å². The van der Waals surface area contributed by atoms with Crippen molar-refractivity contribution in [1.29, 1.82) is 0 Å². The van der Waals surface area contributed by atoms with E-state index in [-0.39, 0.29) is 24.9 Å². The second kappa shape index (κ2) is 4.98. The van der Waals surface area contributed by atoms with Crippen LogP contribution in [0.2, 0.25) is 0 Å². The van der Waals surface area contributed by atoms with Crippen molar-refractivity contribution in [2.45, 2.75) is 26.3 Å². The van der Waals surface area contributed by atoms with E-state index in [2.05, 4.69) is 10.3 Å². The van der Waals surface area contributed by atoms with Gasteiger partial charge < -0.3 is 19.6 Å². The summed E-state index contributed by atoms with van der Waals surface area (Å²) in [4.78, 5) is 15.2. The summed E-state index contributed by atoms with van der Waals surface area (Å²) in [6.45, 7) is 5.48. The van der Waals surface area contributed by atoms with Crippen molar-refractivity contribution in [3.05, 3.63) is 12.0 Å². The number of ether oxygens (including phenoxy) is 1. The van der Waals surface area contributed by atoms with Crippen LogP contribution in [0, 0.1) is 0 Å². The second-order valence-corrected chi connectivity index (χ2v) is 3.93. The molecule has 0 bridgehead atoms. The van der Waals surface area contributed by atoms with E-state index in [1.807, 2.05) is 0 Å². The summed E-state index contributed by atoms with van der Waals surface area (Å²) in [5.74, 6) is -0.527. The summed E-state index contributed by atoms with van der Waals surface area (Å²) in [5.41, 5.74) is -0.449. The van der Waals surface area contributed by atoms with Gasteiger partial charge in [0.05, 0.1) is 18.8 Å². The Bertz CT molecular complexity index is 359. The van der Waals surface area contributed by atoms with Gasteiger partial charge in [-0.15, -0.1) is 0 Å². The van der Waals surface area contributed by atoms with Gasteiger partial charge in [-0.3, -0.25) is 0 Å². The molecule has 0 spiro atoms. The number of hydrogen-bond acceptors (Lipinski definition) is 6. The first-order chi connectivity index (χ1) is 7.48. The molecule has 90 valence electrons. The number of aromatic nitrogens is 1. The van der Waals surface area contributed by atoms with Crippen molar-refractivity contribution in [3.8, 4) is 0 Å². The van der Waals surface area contributed by atoms with Crippen molar-refractivity contribution in [3.63, 3.8) is 0 Å². The lowest BCUT2D eigenvalue weighted by Crippen LogP contribution is -2.35. The van der Waals surface area contributed by atoms with E-state index >= 15 is 0 Å². The standard InChI is InChI=1S/C10H16N2O4/c1-4-15-8(14)7-5-16-9(11-7)12-10(2,3)6-13/h5,13H,4,6H2,1-3H3,(H,11,12). The smallest absolute Gasteiger partial charge is 0.360 e. The number of anilines is 1. The number of carbonyl (C=O) groups excluding carboxylic acids is 1. The largest absolute Gasteiger partial charge is 0.461 e. The van der Waals surface area contributed by atoms with Gasteiger partial charge in [0.2, 0.25) is 0 Å². The average Bonchev–Trinajstić information content (AvgIpc) is 2.66. The van der Waals surface area contributed by atoms with Gasteiger partial charge in [-0.2, -0.15) is 4.98 Å². The predicted octanol–water partition coefficient (Wildman–Crippen LogP) is 1.03. The van der Waals surface area contributed by atoms with Gasteiger partial charge in [0, 0.05) is 0 Å². The molecule has 0 aliphatic heterocycles.